The summed E-state index contributed by atoms with van der Waals surface area (Å²) in [6, 6.07) is 13.2. The lowest BCUT2D eigenvalue weighted by Gasteiger charge is -2.14. The Balaban J connectivity index is 2.21. The van der Waals surface area contributed by atoms with E-state index in [-0.39, 0.29) is 6.61 Å². The maximum Gasteiger partial charge on any atom is 0.125 e. The first-order valence-electron chi connectivity index (χ1n) is 6.20. The number of hydrogen-bond donors (Lipinski definition) is 1. The Morgan fingerprint density at radius 2 is 2.05 bits per heavy atom. The van der Waals surface area contributed by atoms with Gasteiger partial charge in [-0.05, 0) is 31.2 Å². The van der Waals surface area contributed by atoms with Gasteiger partial charge in [0.15, 0.2) is 0 Å². The molecule has 0 radical (unpaired) electrons. The maximum absolute atomic E-state index is 13.2. The fourth-order valence-corrected chi connectivity index (χ4v) is 1.89. The van der Waals surface area contributed by atoms with Crippen LogP contribution in [0.5, 0.6) is 5.75 Å². The molecule has 2 rings (SSSR count). The zero-order valence-electron chi connectivity index (χ0n) is 11.0. The molecular formula is C16H14FNO2. The standard InChI is InChI=1S/C16H14FNO2/c1-11(19)15-8-14(17)6-7-16(15)20-10-13-5-3-2-4-12(13)9-18/h2-8,11,19H,10H2,1H3/t11-/m0/s1. The molecule has 0 unspecified atom stereocenters. The molecule has 20 heavy (non-hydrogen) atoms. The molecule has 0 aliphatic heterocycles. The van der Waals surface area contributed by atoms with E-state index in [2.05, 4.69) is 6.07 Å². The number of halogens is 1. The largest absolute Gasteiger partial charge is 0.488 e. The predicted octanol–water partition coefficient (Wildman–Crippen LogP) is 3.33. The van der Waals surface area contributed by atoms with Crippen molar-refractivity contribution in [2.45, 2.75) is 19.6 Å². The minimum Gasteiger partial charge on any atom is -0.488 e. The van der Waals surface area contributed by atoms with Gasteiger partial charge in [0.25, 0.3) is 0 Å². The Bertz CT molecular complexity index is 647. The van der Waals surface area contributed by atoms with E-state index in [0.717, 1.165) is 5.56 Å². The topological polar surface area (TPSA) is 53.2 Å². The van der Waals surface area contributed by atoms with Gasteiger partial charge < -0.3 is 9.84 Å². The van der Waals surface area contributed by atoms with Crippen LogP contribution in [0.3, 0.4) is 0 Å². The third-order valence-corrected chi connectivity index (χ3v) is 2.94. The van der Waals surface area contributed by atoms with Crippen LogP contribution in [0.2, 0.25) is 0 Å². The first kappa shape index (κ1) is 14.0. The van der Waals surface area contributed by atoms with Gasteiger partial charge in [-0.3, -0.25) is 0 Å². The smallest absolute Gasteiger partial charge is 0.125 e. The van der Waals surface area contributed by atoms with Crippen molar-refractivity contribution < 1.29 is 14.2 Å². The summed E-state index contributed by atoms with van der Waals surface area (Å²) in [5.74, 6) is -0.0141. The van der Waals surface area contributed by atoms with Crippen LogP contribution in [0.1, 0.15) is 29.7 Å². The number of nitriles is 1. The zero-order chi connectivity index (χ0) is 14.5. The molecule has 0 fully saturated rings. The Morgan fingerprint density at radius 3 is 2.75 bits per heavy atom. The summed E-state index contributed by atoms with van der Waals surface area (Å²) in [5, 5.41) is 18.6. The third-order valence-electron chi connectivity index (χ3n) is 2.94. The average Bonchev–Trinajstić information content (AvgIpc) is 2.46. The lowest BCUT2D eigenvalue weighted by molar-refractivity contribution is 0.189. The number of hydrogen-bond acceptors (Lipinski definition) is 3. The summed E-state index contributed by atoms with van der Waals surface area (Å²) >= 11 is 0. The molecule has 0 aliphatic rings. The minimum atomic E-state index is -0.827. The summed E-state index contributed by atoms with van der Waals surface area (Å²) in [6.07, 6.45) is -0.827. The van der Waals surface area contributed by atoms with Gasteiger partial charge in [0.05, 0.1) is 17.7 Å². The molecule has 0 saturated carbocycles. The minimum absolute atomic E-state index is 0.190. The number of aliphatic hydroxyl groups is 1. The van der Waals surface area contributed by atoms with Gasteiger partial charge >= 0.3 is 0 Å². The number of ether oxygens (including phenoxy) is 1. The van der Waals surface area contributed by atoms with Gasteiger partial charge in [-0.25, -0.2) is 4.39 Å². The van der Waals surface area contributed by atoms with Crippen molar-refractivity contribution in [3.05, 3.63) is 65.0 Å². The highest BCUT2D eigenvalue weighted by Crippen LogP contribution is 2.27. The first-order chi connectivity index (χ1) is 9.61. The second kappa shape index (κ2) is 6.18. The fraction of sp³-hybridized carbons (Fsp3) is 0.188. The van der Waals surface area contributed by atoms with Crippen molar-refractivity contribution >= 4 is 0 Å². The highest BCUT2D eigenvalue weighted by Gasteiger charge is 2.11. The molecule has 1 atom stereocenters. The molecule has 0 amide bonds. The molecule has 1 N–H and O–H groups in total. The van der Waals surface area contributed by atoms with E-state index in [4.69, 9.17) is 10.00 Å². The summed E-state index contributed by atoms with van der Waals surface area (Å²) < 4.78 is 18.8. The van der Waals surface area contributed by atoms with Crippen LogP contribution in [-0.4, -0.2) is 5.11 Å². The molecule has 0 aliphatic carbocycles. The van der Waals surface area contributed by atoms with Gasteiger partial charge in [0, 0.05) is 11.1 Å². The molecule has 0 spiro atoms. The molecule has 0 aromatic heterocycles. The number of nitrogens with zero attached hydrogens (tertiary/aromatic N) is 1. The van der Waals surface area contributed by atoms with Crippen LogP contribution in [0.25, 0.3) is 0 Å². The fourth-order valence-electron chi connectivity index (χ4n) is 1.89. The van der Waals surface area contributed by atoms with Gasteiger partial charge in [0.1, 0.15) is 18.2 Å². The van der Waals surface area contributed by atoms with E-state index < -0.39 is 11.9 Å². The zero-order valence-corrected chi connectivity index (χ0v) is 11.0. The molecule has 0 bridgehead atoms. The quantitative estimate of drug-likeness (QED) is 0.928. The molecule has 2 aromatic carbocycles. The second-order valence-corrected chi connectivity index (χ2v) is 4.42. The third kappa shape index (κ3) is 3.14. The summed E-state index contributed by atoms with van der Waals surface area (Å²) in [5.41, 5.74) is 1.67. The monoisotopic (exact) mass is 271 g/mol. The Kier molecular flexibility index (Phi) is 4.34. The van der Waals surface area contributed by atoms with E-state index in [1.807, 2.05) is 6.07 Å². The normalized spacial score (nSPS) is 11.7. The van der Waals surface area contributed by atoms with E-state index >= 15 is 0 Å². The average molecular weight is 271 g/mol. The van der Waals surface area contributed by atoms with Gasteiger partial charge in [-0.15, -0.1) is 0 Å². The number of aliphatic hydroxyl groups excluding tert-OH is 1. The van der Waals surface area contributed by atoms with Crippen molar-refractivity contribution in [2.75, 3.05) is 0 Å². The van der Waals surface area contributed by atoms with Crippen molar-refractivity contribution in [2.24, 2.45) is 0 Å². The maximum atomic E-state index is 13.2. The van der Waals surface area contributed by atoms with E-state index in [1.54, 1.807) is 25.1 Å². The van der Waals surface area contributed by atoms with E-state index in [1.165, 1.54) is 18.2 Å². The number of rotatable bonds is 4. The van der Waals surface area contributed by atoms with Crippen LogP contribution < -0.4 is 4.74 Å². The molecule has 4 heteroatoms. The lowest BCUT2D eigenvalue weighted by atomic mass is 10.1. The molecule has 102 valence electrons. The van der Waals surface area contributed by atoms with Crippen LogP contribution >= 0.6 is 0 Å². The van der Waals surface area contributed by atoms with Crippen LogP contribution in [-0.2, 0) is 6.61 Å². The molecule has 2 aromatic rings. The molecule has 0 saturated heterocycles. The van der Waals surface area contributed by atoms with Gasteiger partial charge in [-0.2, -0.15) is 5.26 Å². The van der Waals surface area contributed by atoms with Crippen molar-refractivity contribution in [1.29, 1.82) is 5.26 Å². The Hall–Kier alpha value is -2.38. The first-order valence-corrected chi connectivity index (χ1v) is 6.20. The molecule has 3 nitrogen and oxygen atoms in total. The van der Waals surface area contributed by atoms with Crippen molar-refractivity contribution in [3.8, 4) is 11.8 Å². The lowest BCUT2D eigenvalue weighted by Crippen LogP contribution is -2.03. The van der Waals surface area contributed by atoms with Crippen molar-refractivity contribution in [1.82, 2.24) is 0 Å². The summed E-state index contributed by atoms with van der Waals surface area (Å²) in [4.78, 5) is 0. The highest BCUT2D eigenvalue weighted by molar-refractivity contribution is 5.39. The van der Waals surface area contributed by atoms with E-state index in [9.17, 15) is 9.50 Å². The Morgan fingerprint density at radius 1 is 1.30 bits per heavy atom. The SMILES string of the molecule is C[C@H](O)c1cc(F)ccc1OCc1ccccc1C#N. The summed E-state index contributed by atoms with van der Waals surface area (Å²) in [7, 11) is 0. The van der Waals surface area contributed by atoms with E-state index in [0.29, 0.717) is 16.9 Å². The van der Waals surface area contributed by atoms with Crippen LogP contribution in [0.4, 0.5) is 4.39 Å². The predicted molar refractivity (Wildman–Crippen MR) is 72.5 cm³/mol. The highest BCUT2D eigenvalue weighted by atomic mass is 19.1. The van der Waals surface area contributed by atoms with Crippen molar-refractivity contribution in [3.63, 3.8) is 0 Å². The number of benzene rings is 2. The molecule has 0 heterocycles. The second-order valence-electron chi connectivity index (χ2n) is 4.42. The van der Waals surface area contributed by atoms with Gasteiger partial charge in [-0.1, -0.05) is 18.2 Å². The summed E-state index contributed by atoms with van der Waals surface area (Å²) in [6.45, 7) is 1.74. The van der Waals surface area contributed by atoms with Gasteiger partial charge in [0.2, 0.25) is 0 Å². The molecular weight excluding hydrogens is 257 g/mol. The Labute approximate surface area is 116 Å². The van der Waals surface area contributed by atoms with Crippen LogP contribution in [0, 0.1) is 17.1 Å². The van der Waals surface area contributed by atoms with Crippen LogP contribution in [0.15, 0.2) is 42.5 Å².